The summed E-state index contributed by atoms with van der Waals surface area (Å²) in [5.41, 5.74) is 4.67. The predicted molar refractivity (Wildman–Crippen MR) is 108 cm³/mol. The summed E-state index contributed by atoms with van der Waals surface area (Å²) in [4.78, 5) is 12.4. The Hall–Kier alpha value is -2.31. The van der Waals surface area contributed by atoms with Crippen molar-refractivity contribution in [3.63, 3.8) is 0 Å². The van der Waals surface area contributed by atoms with Crippen LogP contribution in [0.3, 0.4) is 0 Å². The normalized spacial score (nSPS) is 26.4. The first kappa shape index (κ1) is 19.0. The van der Waals surface area contributed by atoms with E-state index in [0.717, 1.165) is 11.1 Å². The van der Waals surface area contributed by atoms with Crippen molar-refractivity contribution in [3.05, 3.63) is 59.7 Å². The Morgan fingerprint density at radius 3 is 2.36 bits per heavy atom. The van der Waals surface area contributed by atoms with Gasteiger partial charge >= 0.3 is 6.16 Å². The Morgan fingerprint density at radius 1 is 1.14 bits per heavy atom. The molecule has 146 valence electrons. The van der Waals surface area contributed by atoms with Crippen LogP contribution in [0.2, 0.25) is 5.82 Å². The highest BCUT2D eigenvalue weighted by Gasteiger charge is 2.39. The van der Waals surface area contributed by atoms with Crippen molar-refractivity contribution in [1.82, 2.24) is 0 Å². The minimum Gasteiger partial charge on any atom is -0.433 e. The second-order valence-corrected chi connectivity index (χ2v) is 7.62. The lowest BCUT2D eigenvalue weighted by Gasteiger charge is -2.37. The van der Waals surface area contributed by atoms with E-state index in [1.807, 2.05) is 39.0 Å². The Labute approximate surface area is 166 Å². The maximum Gasteiger partial charge on any atom is 0.508 e. The van der Waals surface area contributed by atoms with Crippen LogP contribution in [0.5, 0.6) is 0 Å². The molecular weight excluding hydrogens is 355 g/mol. The van der Waals surface area contributed by atoms with Gasteiger partial charge in [-0.15, -0.1) is 0 Å². The van der Waals surface area contributed by atoms with Crippen molar-refractivity contribution in [1.29, 1.82) is 0 Å². The molecule has 1 heterocycles. The van der Waals surface area contributed by atoms with E-state index in [1.54, 1.807) is 0 Å². The Bertz CT molecular complexity index is 809. The summed E-state index contributed by atoms with van der Waals surface area (Å²) >= 11 is 0. The van der Waals surface area contributed by atoms with Crippen LogP contribution in [-0.2, 0) is 14.2 Å². The maximum atomic E-state index is 12.4. The van der Waals surface area contributed by atoms with Gasteiger partial charge in [0, 0.05) is 12.5 Å². The average molecular weight is 380 g/mol. The maximum absolute atomic E-state index is 12.4. The third kappa shape index (κ3) is 3.42. The average Bonchev–Trinajstić information content (AvgIpc) is 3.03. The van der Waals surface area contributed by atoms with Gasteiger partial charge in [0.2, 0.25) is 0 Å². The molecule has 2 aliphatic rings. The number of aliphatic hydroxyl groups excluding tert-OH is 1. The second-order valence-electron chi connectivity index (χ2n) is 7.62. The SMILES string of the molecule is BC1COC(CC)C(O)C1OC(=O)OCC1c2ccccc2-c2ccccc21. The van der Waals surface area contributed by atoms with Crippen LogP contribution in [0, 0.1) is 0 Å². The van der Waals surface area contributed by atoms with Crippen LogP contribution in [0.15, 0.2) is 48.5 Å². The predicted octanol–water partition coefficient (Wildman–Crippen LogP) is 2.91. The zero-order valence-electron chi connectivity index (χ0n) is 16.2. The number of rotatable bonds is 4. The summed E-state index contributed by atoms with van der Waals surface area (Å²) < 4.78 is 16.6. The molecule has 4 rings (SSSR count). The minimum absolute atomic E-state index is 0.0135. The first-order chi connectivity index (χ1) is 13.6. The number of aliphatic hydroxyl groups is 1. The largest absolute Gasteiger partial charge is 0.508 e. The van der Waals surface area contributed by atoms with Gasteiger partial charge in [-0.1, -0.05) is 55.5 Å². The van der Waals surface area contributed by atoms with E-state index in [-0.39, 0.29) is 24.4 Å². The Kier molecular flexibility index (Phi) is 5.42. The molecule has 1 aliphatic carbocycles. The second kappa shape index (κ2) is 7.98. The molecule has 1 fully saturated rings. The van der Waals surface area contributed by atoms with Crippen molar-refractivity contribution in [2.75, 3.05) is 13.2 Å². The lowest BCUT2D eigenvalue weighted by Crippen LogP contribution is -2.49. The lowest BCUT2D eigenvalue weighted by molar-refractivity contribution is -0.143. The zero-order valence-corrected chi connectivity index (χ0v) is 16.2. The topological polar surface area (TPSA) is 65.0 Å². The minimum atomic E-state index is -0.839. The molecule has 0 bridgehead atoms. The van der Waals surface area contributed by atoms with Gasteiger partial charge in [-0.2, -0.15) is 0 Å². The summed E-state index contributed by atoms with van der Waals surface area (Å²) in [5, 5.41) is 10.4. The molecule has 4 atom stereocenters. The Balaban J connectivity index is 1.44. The van der Waals surface area contributed by atoms with Gasteiger partial charge in [0.05, 0.1) is 6.10 Å². The van der Waals surface area contributed by atoms with Crippen molar-refractivity contribution >= 4 is 14.0 Å². The first-order valence-corrected chi connectivity index (χ1v) is 9.91. The van der Waals surface area contributed by atoms with Gasteiger partial charge in [0.25, 0.3) is 0 Å². The van der Waals surface area contributed by atoms with E-state index in [0.29, 0.717) is 13.0 Å². The van der Waals surface area contributed by atoms with Gasteiger partial charge in [-0.25, -0.2) is 4.79 Å². The number of ether oxygens (including phenoxy) is 3. The lowest BCUT2D eigenvalue weighted by atomic mass is 9.77. The van der Waals surface area contributed by atoms with Crippen molar-refractivity contribution in [2.24, 2.45) is 0 Å². The summed E-state index contributed by atoms with van der Waals surface area (Å²) in [6.07, 6.45) is -1.85. The third-order valence-electron chi connectivity index (χ3n) is 5.82. The van der Waals surface area contributed by atoms with Gasteiger partial charge in [0.15, 0.2) is 0 Å². The molecule has 2 aromatic carbocycles. The van der Waals surface area contributed by atoms with Gasteiger partial charge < -0.3 is 19.3 Å². The van der Waals surface area contributed by atoms with Crippen molar-refractivity contribution in [3.8, 4) is 11.1 Å². The molecule has 0 aromatic heterocycles. The molecule has 0 saturated carbocycles. The van der Waals surface area contributed by atoms with Crippen LogP contribution in [0.25, 0.3) is 11.1 Å². The van der Waals surface area contributed by atoms with Crippen molar-refractivity contribution in [2.45, 2.75) is 43.4 Å². The quantitative estimate of drug-likeness (QED) is 0.653. The fourth-order valence-corrected chi connectivity index (χ4v) is 4.30. The molecule has 5 nitrogen and oxygen atoms in total. The molecule has 1 aliphatic heterocycles. The van der Waals surface area contributed by atoms with Crippen LogP contribution in [0.4, 0.5) is 4.79 Å². The molecule has 4 unspecified atom stereocenters. The molecule has 6 heteroatoms. The van der Waals surface area contributed by atoms with Gasteiger partial charge in [-0.3, -0.25) is 0 Å². The van der Waals surface area contributed by atoms with Crippen LogP contribution >= 0.6 is 0 Å². The fourth-order valence-electron chi connectivity index (χ4n) is 4.30. The smallest absolute Gasteiger partial charge is 0.433 e. The van der Waals surface area contributed by atoms with E-state index in [2.05, 4.69) is 24.3 Å². The monoisotopic (exact) mass is 380 g/mol. The molecule has 0 radical (unpaired) electrons. The van der Waals surface area contributed by atoms with E-state index in [9.17, 15) is 9.90 Å². The number of benzene rings is 2. The van der Waals surface area contributed by atoms with Crippen LogP contribution < -0.4 is 0 Å². The highest BCUT2D eigenvalue weighted by atomic mass is 16.7. The number of hydrogen-bond acceptors (Lipinski definition) is 5. The summed E-state index contributed by atoms with van der Waals surface area (Å²) in [6, 6.07) is 16.4. The summed E-state index contributed by atoms with van der Waals surface area (Å²) in [7, 11) is 1.90. The third-order valence-corrected chi connectivity index (χ3v) is 5.82. The molecule has 0 spiro atoms. The highest BCUT2D eigenvalue weighted by Crippen LogP contribution is 2.44. The fraction of sp³-hybridized carbons (Fsp3) is 0.409. The van der Waals surface area contributed by atoms with Crippen molar-refractivity contribution < 1.29 is 24.1 Å². The molecule has 2 aromatic rings. The molecule has 1 N–H and O–H groups in total. The first-order valence-electron chi connectivity index (χ1n) is 9.91. The molecule has 1 saturated heterocycles. The molecule has 0 amide bonds. The summed E-state index contributed by atoms with van der Waals surface area (Å²) in [6.45, 7) is 2.60. The van der Waals surface area contributed by atoms with Crippen LogP contribution in [-0.4, -0.2) is 50.6 Å². The number of hydrogen-bond donors (Lipinski definition) is 1. The van der Waals surface area contributed by atoms with E-state index >= 15 is 0 Å². The zero-order chi connectivity index (χ0) is 19.7. The van der Waals surface area contributed by atoms with E-state index < -0.39 is 18.4 Å². The standard InChI is InChI=1S/C22H25BO5/c1-2-19-20(24)21(18(23)12-26-19)28-22(25)27-11-17-15-9-5-3-7-13(15)14-8-4-6-10-16(14)17/h3-10,17-21,24H,2,11-12,23H2,1H3. The van der Waals surface area contributed by atoms with Gasteiger partial charge in [0.1, 0.15) is 26.7 Å². The number of carbonyl (C=O) groups excluding carboxylic acids is 1. The highest BCUT2D eigenvalue weighted by molar-refractivity contribution is 6.12. The number of fused-ring (bicyclic) bond motifs is 3. The van der Waals surface area contributed by atoms with Crippen LogP contribution in [0.1, 0.15) is 30.4 Å². The van der Waals surface area contributed by atoms with E-state index in [4.69, 9.17) is 14.2 Å². The Morgan fingerprint density at radius 2 is 1.75 bits per heavy atom. The molecule has 28 heavy (non-hydrogen) atoms. The number of carbonyl (C=O) groups is 1. The van der Waals surface area contributed by atoms with Gasteiger partial charge in [-0.05, 0) is 34.5 Å². The van der Waals surface area contributed by atoms with E-state index in [1.165, 1.54) is 11.1 Å². The molecular formula is C22H25BO5. The summed E-state index contributed by atoms with van der Waals surface area (Å²) in [5.74, 6) is -0.0985.